The van der Waals surface area contributed by atoms with Crippen molar-refractivity contribution < 1.29 is 14.3 Å². The number of carbonyl (C=O) groups excluding carboxylic acids is 2. The average Bonchev–Trinajstić information content (AvgIpc) is 2.59. The summed E-state index contributed by atoms with van der Waals surface area (Å²) in [6.07, 6.45) is 2.02. The van der Waals surface area contributed by atoms with Gasteiger partial charge < -0.3 is 9.64 Å². The second-order valence-electron chi connectivity index (χ2n) is 5.41. The third kappa shape index (κ3) is 3.85. The predicted molar refractivity (Wildman–Crippen MR) is 80.5 cm³/mol. The van der Waals surface area contributed by atoms with Gasteiger partial charge in [-0.2, -0.15) is 5.26 Å². The van der Waals surface area contributed by atoms with Crippen molar-refractivity contribution in [3.8, 4) is 6.07 Å². The predicted octanol–water partition coefficient (Wildman–Crippen LogP) is 2.25. The molecule has 0 spiro atoms. The summed E-state index contributed by atoms with van der Waals surface area (Å²) in [5.74, 6) is -0.479. The zero-order valence-electron chi connectivity index (χ0n) is 12.7. The summed E-state index contributed by atoms with van der Waals surface area (Å²) in [6.45, 7) is 3.07. The Balaban J connectivity index is 1.92. The number of ether oxygens (including phenoxy) is 1. The number of hydrogen-bond donors (Lipinski definition) is 0. The summed E-state index contributed by atoms with van der Waals surface area (Å²) in [5, 5.41) is 9.02. The molecule has 2 rings (SSSR count). The minimum Gasteiger partial charge on any atom is -0.460 e. The molecule has 1 amide bonds. The molecule has 1 aromatic carbocycles. The Labute approximate surface area is 130 Å². The van der Waals surface area contributed by atoms with Crippen molar-refractivity contribution >= 4 is 11.9 Å². The summed E-state index contributed by atoms with van der Waals surface area (Å²) >= 11 is 0. The molecule has 1 aliphatic rings. The third-order valence-corrected chi connectivity index (χ3v) is 3.92. The van der Waals surface area contributed by atoms with Crippen LogP contribution in [0.2, 0.25) is 0 Å². The van der Waals surface area contributed by atoms with Crippen LogP contribution in [0.3, 0.4) is 0 Å². The van der Waals surface area contributed by atoms with Crippen LogP contribution in [0.15, 0.2) is 24.3 Å². The molecule has 5 heteroatoms. The van der Waals surface area contributed by atoms with Gasteiger partial charge in [0.25, 0.3) is 0 Å². The summed E-state index contributed by atoms with van der Waals surface area (Å²) in [5.41, 5.74) is 1.22. The smallest absolute Gasteiger partial charge is 0.311 e. The minimum atomic E-state index is -0.290. The van der Waals surface area contributed by atoms with Gasteiger partial charge in [-0.1, -0.05) is 25.1 Å². The molecule has 1 fully saturated rings. The monoisotopic (exact) mass is 300 g/mol. The summed E-state index contributed by atoms with van der Waals surface area (Å²) in [4.78, 5) is 25.7. The lowest BCUT2D eigenvalue weighted by molar-refractivity contribution is -0.153. The quantitative estimate of drug-likeness (QED) is 0.800. The normalized spacial score (nSPS) is 17.6. The van der Waals surface area contributed by atoms with E-state index in [2.05, 4.69) is 6.07 Å². The van der Waals surface area contributed by atoms with Crippen LogP contribution in [0.4, 0.5) is 0 Å². The molecule has 116 valence electrons. The number of nitrogens with zero attached hydrogens (tertiary/aromatic N) is 2. The van der Waals surface area contributed by atoms with Crippen molar-refractivity contribution in [3.05, 3.63) is 35.4 Å². The standard InChI is InChI=1S/C17H20N2O3/c1-2-16(20)19-9-5-8-14(11-19)17(21)22-12-15-7-4-3-6-13(15)10-18/h3-4,6-7,14H,2,5,8-9,11-12H2,1H3. The third-order valence-electron chi connectivity index (χ3n) is 3.92. The lowest BCUT2D eigenvalue weighted by Gasteiger charge is -2.31. The number of rotatable bonds is 4. The average molecular weight is 300 g/mol. The van der Waals surface area contributed by atoms with Gasteiger partial charge in [-0.25, -0.2) is 0 Å². The molecule has 0 aliphatic carbocycles. The molecule has 22 heavy (non-hydrogen) atoms. The number of likely N-dealkylation sites (tertiary alicyclic amines) is 1. The Morgan fingerprint density at radius 3 is 2.91 bits per heavy atom. The molecule has 0 bridgehead atoms. The Hall–Kier alpha value is -2.35. The van der Waals surface area contributed by atoms with E-state index in [-0.39, 0.29) is 24.4 Å². The zero-order chi connectivity index (χ0) is 15.9. The van der Waals surface area contributed by atoms with Crippen LogP contribution in [0.25, 0.3) is 0 Å². The van der Waals surface area contributed by atoms with E-state index in [1.165, 1.54) is 0 Å². The van der Waals surface area contributed by atoms with E-state index in [4.69, 9.17) is 10.00 Å². The van der Waals surface area contributed by atoms with Crippen molar-refractivity contribution in [3.63, 3.8) is 0 Å². The molecule has 0 aromatic heterocycles. The van der Waals surface area contributed by atoms with Gasteiger partial charge in [0.15, 0.2) is 0 Å². The second-order valence-corrected chi connectivity index (χ2v) is 5.41. The lowest BCUT2D eigenvalue weighted by Crippen LogP contribution is -2.42. The number of carbonyl (C=O) groups is 2. The SMILES string of the molecule is CCC(=O)N1CCCC(C(=O)OCc2ccccc2C#N)C1. The lowest BCUT2D eigenvalue weighted by atomic mass is 9.98. The number of piperidine rings is 1. The number of benzene rings is 1. The molecule has 0 saturated carbocycles. The van der Waals surface area contributed by atoms with Gasteiger partial charge in [0, 0.05) is 25.1 Å². The van der Waals surface area contributed by atoms with Gasteiger partial charge in [0.1, 0.15) is 6.61 Å². The molecule has 1 heterocycles. The van der Waals surface area contributed by atoms with Crippen LogP contribution >= 0.6 is 0 Å². The van der Waals surface area contributed by atoms with Crippen LogP contribution in [-0.2, 0) is 20.9 Å². The van der Waals surface area contributed by atoms with Gasteiger partial charge in [-0.15, -0.1) is 0 Å². The largest absolute Gasteiger partial charge is 0.460 e. The van der Waals surface area contributed by atoms with Gasteiger partial charge in [-0.05, 0) is 18.9 Å². The Morgan fingerprint density at radius 1 is 1.41 bits per heavy atom. The molecular weight excluding hydrogens is 280 g/mol. The molecular formula is C17H20N2O3. The first-order valence-electron chi connectivity index (χ1n) is 7.58. The first kappa shape index (κ1) is 16.0. The van der Waals surface area contributed by atoms with E-state index in [1.54, 1.807) is 23.1 Å². The van der Waals surface area contributed by atoms with Crippen molar-refractivity contribution in [2.45, 2.75) is 32.8 Å². The Morgan fingerprint density at radius 2 is 2.18 bits per heavy atom. The fraction of sp³-hybridized carbons (Fsp3) is 0.471. The van der Waals surface area contributed by atoms with Gasteiger partial charge >= 0.3 is 5.97 Å². The van der Waals surface area contributed by atoms with Crippen LogP contribution in [-0.4, -0.2) is 29.9 Å². The molecule has 1 aromatic rings. The highest BCUT2D eigenvalue weighted by Gasteiger charge is 2.28. The van der Waals surface area contributed by atoms with Gasteiger partial charge in [0.05, 0.1) is 17.6 Å². The highest BCUT2D eigenvalue weighted by molar-refractivity contribution is 5.78. The Kier molecular flexibility index (Phi) is 5.54. The van der Waals surface area contributed by atoms with E-state index in [0.29, 0.717) is 30.6 Å². The van der Waals surface area contributed by atoms with Crippen molar-refractivity contribution in [1.29, 1.82) is 5.26 Å². The minimum absolute atomic E-state index is 0.0762. The maximum atomic E-state index is 12.2. The number of hydrogen-bond acceptors (Lipinski definition) is 4. The van der Waals surface area contributed by atoms with E-state index in [1.807, 2.05) is 13.0 Å². The van der Waals surface area contributed by atoms with Crippen molar-refractivity contribution in [2.75, 3.05) is 13.1 Å². The fourth-order valence-electron chi connectivity index (χ4n) is 2.64. The van der Waals surface area contributed by atoms with Gasteiger partial charge in [-0.3, -0.25) is 9.59 Å². The van der Waals surface area contributed by atoms with E-state index >= 15 is 0 Å². The molecule has 1 saturated heterocycles. The molecule has 0 radical (unpaired) electrons. The van der Waals surface area contributed by atoms with Crippen LogP contribution < -0.4 is 0 Å². The van der Waals surface area contributed by atoms with Crippen molar-refractivity contribution in [1.82, 2.24) is 4.90 Å². The highest BCUT2D eigenvalue weighted by Crippen LogP contribution is 2.19. The van der Waals surface area contributed by atoms with Crippen LogP contribution in [0.1, 0.15) is 37.3 Å². The fourth-order valence-corrected chi connectivity index (χ4v) is 2.64. The van der Waals surface area contributed by atoms with E-state index in [0.717, 1.165) is 12.8 Å². The van der Waals surface area contributed by atoms with Crippen LogP contribution in [0, 0.1) is 17.2 Å². The van der Waals surface area contributed by atoms with Crippen molar-refractivity contribution in [2.24, 2.45) is 5.92 Å². The molecule has 1 atom stereocenters. The first-order chi connectivity index (χ1) is 10.7. The summed E-state index contributed by atoms with van der Waals surface area (Å²) in [7, 11) is 0. The highest BCUT2D eigenvalue weighted by atomic mass is 16.5. The maximum absolute atomic E-state index is 12.2. The topological polar surface area (TPSA) is 70.4 Å². The number of esters is 1. The second kappa shape index (κ2) is 7.60. The van der Waals surface area contributed by atoms with E-state index in [9.17, 15) is 9.59 Å². The molecule has 1 unspecified atom stereocenters. The molecule has 0 N–H and O–H groups in total. The molecule has 5 nitrogen and oxygen atoms in total. The summed E-state index contributed by atoms with van der Waals surface area (Å²) in [6, 6.07) is 9.15. The van der Waals surface area contributed by atoms with E-state index < -0.39 is 0 Å². The number of amides is 1. The zero-order valence-corrected chi connectivity index (χ0v) is 12.7. The van der Waals surface area contributed by atoms with Crippen LogP contribution in [0.5, 0.6) is 0 Å². The Bertz CT molecular complexity index is 592. The van der Waals surface area contributed by atoms with Gasteiger partial charge in [0.2, 0.25) is 5.91 Å². The maximum Gasteiger partial charge on any atom is 0.311 e. The first-order valence-corrected chi connectivity index (χ1v) is 7.58. The number of nitriles is 1. The molecule has 1 aliphatic heterocycles. The summed E-state index contributed by atoms with van der Waals surface area (Å²) < 4.78 is 5.34.